The molecule has 0 bridgehead atoms. The lowest BCUT2D eigenvalue weighted by molar-refractivity contribution is 0.414. The SMILES string of the molecule is CN=C(NCc1cc(C)cc(OC)c1)NCc1ccco1. The lowest BCUT2D eigenvalue weighted by Gasteiger charge is -2.12. The number of guanidine groups is 1. The van der Waals surface area contributed by atoms with E-state index in [0.29, 0.717) is 13.1 Å². The van der Waals surface area contributed by atoms with E-state index in [9.17, 15) is 0 Å². The molecule has 2 rings (SSSR count). The van der Waals surface area contributed by atoms with Crippen LogP contribution in [0.3, 0.4) is 0 Å². The molecule has 1 heterocycles. The van der Waals surface area contributed by atoms with Gasteiger partial charge in [0.2, 0.25) is 0 Å². The van der Waals surface area contributed by atoms with E-state index in [-0.39, 0.29) is 0 Å². The molecule has 1 aromatic carbocycles. The molecule has 2 aromatic rings. The molecule has 1 aromatic heterocycles. The van der Waals surface area contributed by atoms with Crippen LogP contribution < -0.4 is 15.4 Å². The van der Waals surface area contributed by atoms with Crippen molar-refractivity contribution in [2.45, 2.75) is 20.0 Å². The maximum atomic E-state index is 5.28. The van der Waals surface area contributed by atoms with Gasteiger partial charge in [0.05, 0.1) is 19.9 Å². The molecular weight excluding hydrogens is 266 g/mol. The van der Waals surface area contributed by atoms with E-state index in [1.54, 1.807) is 20.4 Å². The first-order valence-electron chi connectivity index (χ1n) is 6.82. The maximum absolute atomic E-state index is 5.28. The summed E-state index contributed by atoms with van der Waals surface area (Å²) in [6, 6.07) is 9.93. The molecule has 0 unspecified atom stereocenters. The van der Waals surface area contributed by atoms with Gasteiger partial charge in [0, 0.05) is 13.6 Å². The minimum atomic E-state index is 0.601. The van der Waals surface area contributed by atoms with Crippen molar-refractivity contribution in [3.63, 3.8) is 0 Å². The molecule has 21 heavy (non-hydrogen) atoms. The minimum absolute atomic E-state index is 0.601. The van der Waals surface area contributed by atoms with Gasteiger partial charge < -0.3 is 19.8 Å². The smallest absolute Gasteiger partial charge is 0.191 e. The number of aryl methyl sites for hydroxylation is 1. The number of furan rings is 1. The molecule has 0 saturated heterocycles. The third-order valence-electron chi connectivity index (χ3n) is 3.04. The Balaban J connectivity index is 1.89. The number of methoxy groups -OCH3 is 1. The molecule has 112 valence electrons. The molecule has 0 atom stereocenters. The Labute approximate surface area is 125 Å². The molecular formula is C16H21N3O2. The molecule has 5 heteroatoms. The summed E-state index contributed by atoms with van der Waals surface area (Å²) in [6.07, 6.45) is 1.66. The third-order valence-corrected chi connectivity index (χ3v) is 3.04. The van der Waals surface area contributed by atoms with E-state index in [1.165, 1.54) is 5.56 Å². The molecule has 0 saturated carbocycles. The first kappa shape index (κ1) is 15.0. The summed E-state index contributed by atoms with van der Waals surface area (Å²) in [7, 11) is 3.42. The fourth-order valence-corrected chi connectivity index (χ4v) is 2.03. The van der Waals surface area contributed by atoms with Crippen molar-refractivity contribution in [2.75, 3.05) is 14.2 Å². The number of benzene rings is 1. The average Bonchev–Trinajstić information content (AvgIpc) is 3.00. The van der Waals surface area contributed by atoms with Gasteiger partial charge in [-0.3, -0.25) is 4.99 Å². The van der Waals surface area contributed by atoms with Gasteiger partial charge in [0.15, 0.2) is 5.96 Å². The van der Waals surface area contributed by atoms with E-state index < -0.39 is 0 Å². The highest BCUT2D eigenvalue weighted by Crippen LogP contribution is 2.16. The first-order chi connectivity index (χ1) is 10.2. The van der Waals surface area contributed by atoms with Gasteiger partial charge in [0.25, 0.3) is 0 Å². The van der Waals surface area contributed by atoms with Crippen molar-refractivity contribution in [3.05, 3.63) is 53.5 Å². The van der Waals surface area contributed by atoms with Gasteiger partial charge in [-0.1, -0.05) is 6.07 Å². The predicted octanol–water partition coefficient (Wildman–Crippen LogP) is 2.46. The van der Waals surface area contributed by atoms with Crippen LogP contribution in [-0.4, -0.2) is 20.1 Å². The van der Waals surface area contributed by atoms with Crippen LogP contribution in [0.15, 0.2) is 46.0 Å². The summed E-state index contributed by atoms with van der Waals surface area (Å²) in [5.74, 6) is 2.47. The van der Waals surface area contributed by atoms with E-state index >= 15 is 0 Å². The molecule has 0 aliphatic rings. The second kappa shape index (κ2) is 7.38. The van der Waals surface area contributed by atoms with E-state index in [4.69, 9.17) is 9.15 Å². The standard InChI is InChI=1S/C16H21N3O2/c1-12-7-13(9-15(8-12)20-3)10-18-16(17-2)19-11-14-5-4-6-21-14/h4-9H,10-11H2,1-3H3,(H2,17,18,19). The van der Waals surface area contributed by atoms with Crippen LogP contribution >= 0.6 is 0 Å². The second-order valence-corrected chi connectivity index (χ2v) is 4.72. The molecule has 0 fully saturated rings. The minimum Gasteiger partial charge on any atom is -0.497 e. The van der Waals surface area contributed by atoms with Crippen LogP contribution in [0, 0.1) is 6.92 Å². The number of nitrogens with one attached hydrogen (secondary N) is 2. The molecule has 0 aliphatic heterocycles. The number of rotatable bonds is 5. The van der Waals surface area contributed by atoms with Gasteiger partial charge in [-0.2, -0.15) is 0 Å². The summed E-state index contributed by atoms with van der Waals surface area (Å²) >= 11 is 0. The van der Waals surface area contributed by atoms with Crippen LogP contribution in [0.4, 0.5) is 0 Å². The Morgan fingerprint density at radius 2 is 2.05 bits per heavy atom. The average molecular weight is 287 g/mol. The molecule has 0 spiro atoms. The Hall–Kier alpha value is -2.43. The summed E-state index contributed by atoms with van der Waals surface area (Å²) in [5, 5.41) is 6.47. The predicted molar refractivity (Wildman–Crippen MR) is 83.5 cm³/mol. The second-order valence-electron chi connectivity index (χ2n) is 4.72. The van der Waals surface area contributed by atoms with E-state index in [2.05, 4.69) is 28.6 Å². The lowest BCUT2D eigenvalue weighted by Crippen LogP contribution is -2.36. The summed E-state index contributed by atoms with van der Waals surface area (Å²) in [4.78, 5) is 4.19. The topological polar surface area (TPSA) is 58.8 Å². The highest BCUT2D eigenvalue weighted by molar-refractivity contribution is 5.79. The fraction of sp³-hybridized carbons (Fsp3) is 0.312. The zero-order chi connectivity index (χ0) is 15.1. The zero-order valence-electron chi connectivity index (χ0n) is 12.6. The van der Waals surface area contributed by atoms with Crippen LogP contribution in [0.2, 0.25) is 0 Å². The highest BCUT2D eigenvalue weighted by Gasteiger charge is 2.02. The summed E-state index contributed by atoms with van der Waals surface area (Å²) in [5.41, 5.74) is 2.32. The van der Waals surface area contributed by atoms with Gasteiger partial charge in [-0.15, -0.1) is 0 Å². The van der Waals surface area contributed by atoms with Crippen molar-refractivity contribution >= 4 is 5.96 Å². The van der Waals surface area contributed by atoms with Crippen LogP contribution in [0.1, 0.15) is 16.9 Å². The number of aliphatic imine (C=N–C) groups is 1. The number of ether oxygens (including phenoxy) is 1. The Morgan fingerprint density at radius 3 is 2.71 bits per heavy atom. The quantitative estimate of drug-likeness (QED) is 0.655. The van der Waals surface area contributed by atoms with E-state index in [0.717, 1.165) is 23.0 Å². The summed E-state index contributed by atoms with van der Waals surface area (Å²) in [6.45, 7) is 3.33. The Bertz CT molecular complexity index is 592. The third kappa shape index (κ3) is 4.56. The number of hydrogen-bond donors (Lipinski definition) is 2. The van der Waals surface area contributed by atoms with Gasteiger partial charge in [-0.25, -0.2) is 0 Å². The van der Waals surface area contributed by atoms with Gasteiger partial charge >= 0.3 is 0 Å². The fourth-order valence-electron chi connectivity index (χ4n) is 2.03. The van der Waals surface area contributed by atoms with Crippen LogP contribution in [-0.2, 0) is 13.1 Å². The van der Waals surface area contributed by atoms with E-state index in [1.807, 2.05) is 24.3 Å². The van der Waals surface area contributed by atoms with Gasteiger partial charge in [0.1, 0.15) is 11.5 Å². The maximum Gasteiger partial charge on any atom is 0.191 e. The number of nitrogens with zero attached hydrogens (tertiary/aromatic N) is 1. The molecule has 5 nitrogen and oxygen atoms in total. The van der Waals surface area contributed by atoms with Crippen molar-refractivity contribution in [3.8, 4) is 5.75 Å². The van der Waals surface area contributed by atoms with Crippen molar-refractivity contribution in [1.29, 1.82) is 0 Å². The van der Waals surface area contributed by atoms with Crippen LogP contribution in [0.5, 0.6) is 5.75 Å². The molecule has 0 radical (unpaired) electrons. The van der Waals surface area contributed by atoms with Crippen molar-refractivity contribution in [2.24, 2.45) is 4.99 Å². The largest absolute Gasteiger partial charge is 0.497 e. The highest BCUT2D eigenvalue weighted by atomic mass is 16.5. The lowest BCUT2D eigenvalue weighted by atomic mass is 10.1. The Morgan fingerprint density at radius 1 is 1.24 bits per heavy atom. The zero-order valence-corrected chi connectivity index (χ0v) is 12.6. The van der Waals surface area contributed by atoms with Crippen molar-refractivity contribution < 1.29 is 9.15 Å². The summed E-state index contributed by atoms with van der Waals surface area (Å²) < 4.78 is 10.6. The monoisotopic (exact) mass is 287 g/mol. The molecule has 0 amide bonds. The molecule has 0 aliphatic carbocycles. The van der Waals surface area contributed by atoms with Crippen molar-refractivity contribution in [1.82, 2.24) is 10.6 Å². The Kier molecular flexibility index (Phi) is 5.26. The molecule has 2 N–H and O–H groups in total. The first-order valence-corrected chi connectivity index (χ1v) is 6.82. The van der Waals surface area contributed by atoms with Crippen LogP contribution in [0.25, 0.3) is 0 Å². The normalized spacial score (nSPS) is 11.3. The van der Waals surface area contributed by atoms with Gasteiger partial charge in [-0.05, 0) is 42.3 Å². The number of hydrogen-bond acceptors (Lipinski definition) is 3.